The van der Waals surface area contributed by atoms with Crippen molar-refractivity contribution in [2.24, 2.45) is 0 Å². The number of thiophene rings is 1. The predicted molar refractivity (Wildman–Crippen MR) is 78.8 cm³/mol. The second kappa shape index (κ2) is 6.88. The molecule has 0 fully saturated rings. The molecule has 1 N–H and O–H groups in total. The maximum atomic E-state index is 5.89. The SMILES string of the molecule is CCCNC(c1sccc1Br)C(C)(C)OCC. The van der Waals surface area contributed by atoms with Gasteiger partial charge in [-0.1, -0.05) is 6.92 Å². The maximum absolute atomic E-state index is 5.89. The van der Waals surface area contributed by atoms with E-state index in [0.29, 0.717) is 0 Å². The third-order valence-electron chi connectivity index (χ3n) is 2.72. The molecule has 0 aliphatic rings. The molecule has 0 bridgehead atoms. The lowest BCUT2D eigenvalue weighted by molar-refractivity contribution is -0.0384. The summed E-state index contributed by atoms with van der Waals surface area (Å²) in [6.45, 7) is 10.3. The highest BCUT2D eigenvalue weighted by Crippen LogP contribution is 2.36. The van der Waals surface area contributed by atoms with Crippen molar-refractivity contribution in [2.75, 3.05) is 13.2 Å². The topological polar surface area (TPSA) is 21.3 Å². The van der Waals surface area contributed by atoms with Gasteiger partial charge in [0.15, 0.2) is 0 Å². The molecule has 0 saturated carbocycles. The van der Waals surface area contributed by atoms with Crippen LogP contribution in [0.5, 0.6) is 0 Å². The Labute approximate surface area is 117 Å². The lowest BCUT2D eigenvalue weighted by Crippen LogP contribution is -2.41. The Morgan fingerprint density at radius 1 is 1.47 bits per heavy atom. The highest BCUT2D eigenvalue weighted by Gasteiger charge is 2.32. The van der Waals surface area contributed by atoms with Crippen molar-refractivity contribution in [3.8, 4) is 0 Å². The van der Waals surface area contributed by atoms with Crippen LogP contribution in [0.2, 0.25) is 0 Å². The van der Waals surface area contributed by atoms with E-state index in [1.54, 1.807) is 11.3 Å². The summed E-state index contributed by atoms with van der Waals surface area (Å²) in [6, 6.07) is 2.33. The van der Waals surface area contributed by atoms with Gasteiger partial charge in [-0.3, -0.25) is 0 Å². The molecule has 2 nitrogen and oxygen atoms in total. The number of hydrogen-bond acceptors (Lipinski definition) is 3. The third-order valence-corrected chi connectivity index (χ3v) is 4.65. The van der Waals surface area contributed by atoms with E-state index in [4.69, 9.17) is 4.74 Å². The number of halogens is 1. The average molecular weight is 320 g/mol. The number of hydrogen-bond donors (Lipinski definition) is 1. The molecule has 0 spiro atoms. The molecule has 0 aromatic carbocycles. The third kappa shape index (κ3) is 4.05. The first-order chi connectivity index (χ1) is 8.03. The van der Waals surface area contributed by atoms with Gasteiger partial charge in [0.25, 0.3) is 0 Å². The molecule has 98 valence electrons. The molecule has 1 rings (SSSR count). The molecule has 1 aromatic rings. The van der Waals surface area contributed by atoms with Crippen LogP contribution in [0.3, 0.4) is 0 Å². The quantitative estimate of drug-likeness (QED) is 0.806. The molecular formula is C13H22BrNOS. The molecule has 1 heterocycles. The summed E-state index contributed by atoms with van der Waals surface area (Å²) in [5.41, 5.74) is -0.197. The van der Waals surface area contributed by atoms with Crippen LogP contribution in [0.25, 0.3) is 0 Å². The number of rotatable bonds is 7. The molecule has 4 heteroatoms. The van der Waals surface area contributed by atoms with Crippen molar-refractivity contribution in [1.82, 2.24) is 5.32 Å². The highest BCUT2D eigenvalue weighted by molar-refractivity contribution is 9.10. The van der Waals surface area contributed by atoms with E-state index in [2.05, 4.69) is 53.5 Å². The van der Waals surface area contributed by atoms with Gasteiger partial charge in [0, 0.05) is 16.0 Å². The zero-order valence-electron chi connectivity index (χ0n) is 11.0. The smallest absolute Gasteiger partial charge is 0.0828 e. The first-order valence-electron chi connectivity index (χ1n) is 6.13. The summed E-state index contributed by atoms with van der Waals surface area (Å²) in [7, 11) is 0. The summed E-state index contributed by atoms with van der Waals surface area (Å²) in [4.78, 5) is 1.32. The minimum atomic E-state index is -0.197. The Bertz CT molecular complexity index is 338. The predicted octanol–water partition coefficient (Wildman–Crippen LogP) is 4.37. The van der Waals surface area contributed by atoms with Crippen LogP contribution in [-0.4, -0.2) is 18.8 Å². The summed E-state index contributed by atoms with van der Waals surface area (Å²) in [6.07, 6.45) is 1.13. The molecule has 0 amide bonds. The molecule has 0 aliphatic carbocycles. The fraction of sp³-hybridized carbons (Fsp3) is 0.692. The normalized spacial score (nSPS) is 13.9. The molecule has 1 unspecified atom stereocenters. The molecule has 1 atom stereocenters. The van der Waals surface area contributed by atoms with Gasteiger partial charge in [0.2, 0.25) is 0 Å². The van der Waals surface area contributed by atoms with Crippen molar-refractivity contribution in [3.63, 3.8) is 0 Å². The van der Waals surface area contributed by atoms with E-state index in [1.165, 1.54) is 9.35 Å². The first-order valence-corrected chi connectivity index (χ1v) is 7.80. The Balaban J connectivity index is 2.91. The Kier molecular flexibility index (Phi) is 6.13. The van der Waals surface area contributed by atoms with Gasteiger partial charge in [0.1, 0.15) is 0 Å². The summed E-state index contributed by atoms with van der Waals surface area (Å²) >= 11 is 5.39. The van der Waals surface area contributed by atoms with E-state index < -0.39 is 0 Å². The summed E-state index contributed by atoms with van der Waals surface area (Å²) < 4.78 is 7.06. The van der Waals surface area contributed by atoms with Crippen molar-refractivity contribution in [1.29, 1.82) is 0 Å². The Morgan fingerprint density at radius 3 is 2.65 bits per heavy atom. The summed E-state index contributed by atoms with van der Waals surface area (Å²) in [5.74, 6) is 0. The zero-order valence-corrected chi connectivity index (χ0v) is 13.5. The van der Waals surface area contributed by atoms with E-state index in [1.807, 2.05) is 6.92 Å². The van der Waals surface area contributed by atoms with Crippen molar-refractivity contribution in [3.05, 3.63) is 20.8 Å². The molecule has 0 radical (unpaired) electrons. The van der Waals surface area contributed by atoms with Crippen molar-refractivity contribution < 1.29 is 4.74 Å². The number of nitrogens with one attached hydrogen (secondary N) is 1. The van der Waals surface area contributed by atoms with Crippen LogP contribution >= 0.6 is 27.3 Å². The first kappa shape index (κ1) is 15.2. The maximum Gasteiger partial charge on any atom is 0.0828 e. The van der Waals surface area contributed by atoms with E-state index in [9.17, 15) is 0 Å². The highest BCUT2D eigenvalue weighted by atomic mass is 79.9. The molecular weight excluding hydrogens is 298 g/mol. The minimum absolute atomic E-state index is 0.197. The Morgan fingerprint density at radius 2 is 2.18 bits per heavy atom. The average Bonchev–Trinajstić information content (AvgIpc) is 2.65. The number of ether oxygens (including phenoxy) is 1. The lowest BCUT2D eigenvalue weighted by atomic mass is 9.96. The van der Waals surface area contributed by atoms with E-state index in [0.717, 1.165) is 19.6 Å². The monoisotopic (exact) mass is 319 g/mol. The van der Waals surface area contributed by atoms with Crippen LogP contribution in [-0.2, 0) is 4.74 Å². The fourth-order valence-corrected chi connectivity index (χ4v) is 3.76. The van der Waals surface area contributed by atoms with Gasteiger partial charge in [-0.2, -0.15) is 0 Å². The van der Waals surface area contributed by atoms with Gasteiger partial charge >= 0.3 is 0 Å². The van der Waals surface area contributed by atoms with Gasteiger partial charge in [-0.15, -0.1) is 11.3 Å². The van der Waals surface area contributed by atoms with Gasteiger partial charge < -0.3 is 10.1 Å². The van der Waals surface area contributed by atoms with Crippen LogP contribution in [0.4, 0.5) is 0 Å². The van der Waals surface area contributed by atoms with Crippen LogP contribution in [0, 0.1) is 0 Å². The van der Waals surface area contributed by atoms with Crippen molar-refractivity contribution >= 4 is 27.3 Å². The zero-order chi connectivity index (χ0) is 12.9. The lowest BCUT2D eigenvalue weighted by Gasteiger charge is -2.34. The minimum Gasteiger partial charge on any atom is -0.374 e. The van der Waals surface area contributed by atoms with E-state index >= 15 is 0 Å². The Hall–Kier alpha value is 0.1000. The van der Waals surface area contributed by atoms with Crippen molar-refractivity contribution in [2.45, 2.75) is 45.8 Å². The van der Waals surface area contributed by atoms with Crippen LogP contribution in [0.15, 0.2) is 15.9 Å². The molecule has 17 heavy (non-hydrogen) atoms. The standard InChI is InChI=1S/C13H22BrNOS/c1-5-8-15-12(13(3,4)16-6-2)11-10(14)7-9-17-11/h7,9,12,15H,5-6,8H2,1-4H3. The van der Waals surface area contributed by atoms with Gasteiger partial charge in [-0.25, -0.2) is 0 Å². The second-order valence-corrected chi connectivity index (χ2v) is 6.36. The van der Waals surface area contributed by atoms with Gasteiger partial charge in [-0.05, 0) is 61.1 Å². The molecule has 1 aromatic heterocycles. The van der Waals surface area contributed by atoms with E-state index in [-0.39, 0.29) is 11.6 Å². The second-order valence-electron chi connectivity index (χ2n) is 4.56. The molecule has 0 saturated heterocycles. The largest absolute Gasteiger partial charge is 0.374 e. The molecule has 0 aliphatic heterocycles. The van der Waals surface area contributed by atoms with Crippen LogP contribution < -0.4 is 5.32 Å². The van der Waals surface area contributed by atoms with Crippen LogP contribution in [0.1, 0.15) is 45.0 Å². The van der Waals surface area contributed by atoms with Gasteiger partial charge in [0.05, 0.1) is 11.6 Å². The summed E-state index contributed by atoms with van der Waals surface area (Å²) in [5, 5.41) is 5.71. The fourth-order valence-electron chi connectivity index (χ4n) is 1.91.